The molecule has 2 aliphatic heterocycles. The number of hydrogen-bond acceptors (Lipinski definition) is 3. The van der Waals surface area contributed by atoms with Crippen LogP contribution in [0.3, 0.4) is 0 Å². The zero-order valence-electron chi connectivity index (χ0n) is 21.8. The molecular weight excluding hydrogens is 482 g/mol. The average Bonchev–Trinajstić information content (AvgIpc) is 3.46. The maximum Gasteiger partial charge on any atom is 0.410 e. The topological polar surface area (TPSA) is 46.6 Å². The first kappa shape index (κ1) is 23.9. The van der Waals surface area contributed by atoms with Gasteiger partial charge in [0.25, 0.3) is 0 Å². The van der Waals surface area contributed by atoms with E-state index in [-0.39, 0.29) is 35.8 Å². The Morgan fingerprint density at radius 2 is 1.21 bits per heavy atom. The van der Waals surface area contributed by atoms with Gasteiger partial charge in [-0.2, -0.15) is 0 Å². The van der Waals surface area contributed by atoms with Crippen LogP contribution in [-0.2, 0) is 4.74 Å². The van der Waals surface area contributed by atoms with Gasteiger partial charge in [0.15, 0.2) is 5.78 Å². The molecule has 2 atom stereocenters. The molecule has 2 unspecified atom stereocenters. The number of carbonyl (C=O) groups excluding carboxylic acids is 2. The number of fused-ring (bicyclic) bond motifs is 5. The second-order valence-electron chi connectivity index (χ2n) is 11.1. The van der Waals surface area contributed by atoms with E-state index in [4.69, 9.17) is 4.74 Å². The van der Waals surface area contributed by atoms with Crippen LogP contribution in [0.4, 0.5) is 4.79 Å². The molecule has 2 heterocycles. The van der Waals surface area contributed by atoms with Gasteiger partial charge in [0.2, 0.25) is 0 Å². The summed E-state index contributed by atoms with van der Waals surface area (Å²) in [7, 11) is 0. The molecule has 4 aromatic carbocycles. The largest absolute Gasteiger partial charge is 0.448 e. The molecular formula is C35H31NO3. The molecule has 0 aromatic heterocycles. The average molecular weight is 514 g/mol. The molecule has 0 spiro atoms. The van der Waals surface area contributed by atoms with E-state index in [0.29, 0.717) is 19.4 Å². The molecule has 3 aliphatic rings. The SMILES string of the molecule is O=C(c1ccc(-c2ccccc2)cc1)C1CC2CCC(C1)N2C(=O)OCC1c2ccccc2-c2ccccc21. The van der Waals surface area contributed by atoms with Crippen LogP contribution >= 0.6 is 0 Å². The van der Waals surface area contributed by atoms with Crippen LogP contribution in [0, 0.1) is 5.92 Å². The number of ketones is 1. The second kappa shape index (κ2) is 9.85. The summed E-state index contributed by atoms with van der Waals surface area (Å²) < 4.78 is 6.00. The lowest BCUT2D eigenvalue weighted by atomic mass is 9.84. The molecule has 1 aliphatic carbocycles. The molecule has 2 fully saturated rings. The third-order valence-electron chi connectivity index (χ3n) is 8.93. The number of amides is 1. The monoisotopic (exact) mass is 513 g/mol. The van der Waals surface area contributed by atoms with Gasteiger partial charge in [0, 0.05) is 29.5 Å². The molecule has 4 aromatic rings. The van der Waals surface area contributed by atoms with Gasteiger partial charge in [-0.05, 0) is 59.1 Å². The second-order valence-corrected chi connectivity index (χ2v) is 11.1. The van der Waals surface area contributed by atoms with Gasteiger partial charge in [-0.3, -0.25) is 4.79 Å². The first-order valence-corrected chi connectivity index (χ1v) is 14.0. The lowest BCUT2D eigenvalue weighted by Crippen LogP contribution is -2.48. The number of hydrogen-bond donors (Lipinski definition) is 0. The quantitative estimate of drug-likeness (QED) is 0.257. The number of nitrogens with zero attached hydrogens (tertiary/aromatic N) is 1. The number of benzene rings is 4. The highest BCUT2D eigenvalue weighted by molar-refractivity contribution is 5.98. The fraction of sp³-hybridized carbons (Fsp3) is 0.257. The third kappa shape index (κ3) is 4.24. The highest BCUT2D eigenvalue weighted by atomic mass is 16.6. The molecule has 7 rings (SSSR count). The minimum absolute atomic E-state index is 0.0528. The summed E-state index contributed by atoms with van der Waals surface area (Å²) in [5.41, 5.74) is 7.90. The van der Waals surface area contributed by atoms with E-state index in [1.807, 2.05) is 47.4 Å². The number of rotatable bonds is 5. The minimum Gasteiger partial charge on any atom is -0.448 e. The zero-order chi connectivity index (χ0) is 26.3. The summed E-state index contributed by atoms with van der Waals surface area (Å²) in [6.45, 7) is 0.332. The Labute approximate surface area is 229 Å². The van der Waals surface area contributed by atoms with Crippen LogP contribution in [-0.4, -0.2) is 35.5 Å². The molecule has 0 N–H and O–H groups in total. The molecule has 39 heavy (non-hydrogen) atoms. The zero-order valence-corrected chi connectivity index (χ0v) is 21.8. The highest BCUT2D eigenvalue weighted by Gasteiger charge is 2.46. The normalized spacial score (nSPS) is 21.3. The van der Waals surface area contributed by atoms with Crippen molar-refractivity contribution in [1.82, 2.24) is 4.90 Å². The number of ether oxygens (including phenoxy) is 1. The lowest BCUT2D eigenvalue weighted by molar-refractivity contribution is 0.0506. The van der Waals surface area contributed by atoms with Crippen LogP contribution in [0.15, 0.2) is 103 Å². The number of carbonyl (C=O) groups is 2. The molecule has 194 valence electrons. The van der Waals surface area contributed by atoms with Crippen molar-refractivity contribution in [3.63, 3.8) is 0 Å². The Bertz CT molecular complexity index is 1470. The highest BCUT2D eigenvalue weighted by Crippen LogP contribution is 2.45. The fourth-order valence-electron chi connectivity index (χ4n) is 7.05. The summed E-state index contributed by atoms with van der Waals surface area (Å²) in [6.07, 6.45) is 3.05. The van der Waals surface area contributed by atoms with E-state index in [9.17, 15) is 9.59 Å². The van der Waals surface area contributed by atoms with E-state index in [1.165, 1.54) is 22.3 Å². The Hall–Kier alpha value is -4.18. The Balaban J connectivity index is 1.01. The summed E-state index contributed by atoms with van der Waals surface area (Å²) in [5, 5.41) is 0. The van der Waals surface area contributed by atoms with Gasteiger partial charge in [0.1, 0.15) is 6.61 Å². The van der Waals surface area contributed by atoms with Crippen molar-refractivity contribution in [3.05, 3.63) is 120 Å². The molecule has 4 nitrogen and oxygen atoms in total. The van der Waals surface area contributed by atoms with E-state index in [2.05, 4.69) is 60.7 Å². The molecule has 2 bridgehead atoms. The summed E-state index contributed by atoms with van der Waals surface area (Å²) in [4.78, 5) is 28.8. The molecule has 1 amide bonds. The van der Waals surface area contributed by atoms with Gasteiger partial charge < -0.3 is 9.64 Å². The van der Waals surface area contributed by atoms with E-state index >= 15 is 0 Å². The van der Waals surface area contributed by atoms with Crippen LogP contribution in [0.2, 0.25) is 0 Å². The van der Waals surface area contributed by atoms with E-state index in [0.717, 1.165) is 29.5 Å². The van der Waals surface area contributed by atoms with Crippen molar-refractivity contribution in [2.45, 2.75) is 43.7 Å². The molecule has 0 radical (unpaired) electrons. The number of Topliss-reactive ketones (excluding diaryl/α,β-unsaturated/α-hetero) is 1. The summed E-state index contributed by atoms with van der Waals surface area (Å²) >= 11 is 0. The molecule has 0 saturated carbocycles. The molecule has 4 heteroatoms. The van der Waals surface area contributed by atoms with Crippen LogP contribution < -0.4 is 0 Å². The van der Waals surface area contributed by atoms with Crippen molar-refractivity contribution >= 4 is 11.9 Å². The van der Waals surface area contributed by atoms with Gasteiger partial charge in [-0.1, -0.05) is 103 Å². The van der Waals surface area contributed by atoms with Gasteiger partial charge >= 0.3 is 6.09 Å². The van der Waals surface area contributed by atoms with Crippen molar-refractivity contribution in [3.8, 4) is 22.3 Å². The van der Waals surface area contributed by atoms with Crippen molar-refractivity contribution in [2.75, 3.05) is 6.61 Å². The van der Waals surface area contributed by atoms with Crippen molar-refractivity contribution in [1.29, 1.82) is 0 Å². The minimum atomic E-state index is -0.234. The maximum atomic E-state index is 13.4. The van der Waals surface area contributed by atoms with Gasteiger partial charge in [-0.25, -0.2) is 4.79 Å². The van der Waals surface area contributed by atoms with Crippen LogP contribution in [0.5, 0.6) is 0 Å². The van der Waals surface area contributed by atoms with Crippen molar-refractivity contribution < 1.29 is 14.3 Å². The number of piperidine rings is 1. The molecule has 2 saturated heterocycles. The fourth-order valence-corrected chi connectivity index (χ4v) is 7.05. The predicted octanol–water partition coefficient (Wildman–Crippen LogP) is 7.73. The van der Waals surface area contributed by atoms with Crippen LogP contribution in [0.1, 0.15) is 53.1 Å². The first-order valence-electron chi connectivity index (χ1n) is 14.0. The Morgan fingerprint density at radius 1 is 0.667 bits per heavy atom. The van der Waals surface area contributed by atoms with Gasteiger partial charge in [0.05, 0.1) is 0 Å². The lowest BCUT2D eigenvalue weighted by Gasteiger charge is -2.37. The van der Waals surface area contributed by atoms with Gasteiger partial charge in [-0.15, -0.1) is 0 Å². The smallest absolute Gasteiger partial charge is 0.410 e. The third-order valence-corrected chi connectivity index (χ3v) is 8.93. The first-order chi connectivity index (χ1) is 19.2. The Kier molecular flexibility index (Phi) is 6.04. The van der Waals surface area contributed by atoms with Crippen LogP contribution in [0.25, 0.3) is 22.3 Å². The standard InChI is InChI=1S/C35H31NO3/c37-34(25-16-14-24(15-17-25)23-8-2-1-3-9-23)26-20-27-18-19-28(21-26)36(27)35(38)39-22-33-31-12-6-4-10-29(31)30-11-5-7-13-32(30)33/h1-17,26-28,33H,18-22H2. The summed E-state index contributed by atoms with van der Waals surface area (Å²) in [6, 6.07) is 35.1. The summed E-state index contributed by atoms with van der Waals surface area (Å²) in [5.74, 6) is 0.193. The van der Waals surface area contributed by atoms with E-state index < -0.39 is 0 Å². The van der Waals surface area contributed by atoms with E-state index in [1.54, 1.807) is 0 Å². The predicted molar refractivity (Wildman–Crippen MR) is 153 cm³/mol. The maximum absolute atomic E-state index is 13.4. The Morgan fingerprint density at radius 3 is 1.82 bits per heavy atom. The van der Waals surface area contributed by atoms with Crippen molar-refractivity contribution in [2.24, 2.45) is 5.92 Å².